The first-order valence-corrected chi connectivity index (χ1v) is 20.2. The fourth-order valence-electron chi connectivity index (χ4n) is 8.90. The van der Waals surface area contributed by atoms with Crippen LogP contribution in [0.2, 0.25) is 0 Å². The van der Waals surface area contributed by atoms with Crippen molar-refractivity contribution in [3.8, 4) is 45.9 Å². The summed E-state index contributed by atoms with van der Waals surface area (Å²) in [6.07, 6.45) is 17.1. The SMILES string of the molecule is CC(C)c1cccc(C(C)C)c1-n1cc(-c2ccccc2)nc1Oc1nc(-c2ccccc2)cn1-c1c(C2CCCCC2)cccc1C1CCCCC1. The molecule has 0 bridgehead atoms. The molecule has 0 amide bonds. The molecule has 5 nitrogen and oxygen atoms in total. The number of rotatable bonds is 10. The molecule has 2 fully saturated rings. The minimum atomic E-state index is 0.311. The van der Waals surface area contributed by atoms with Gasteiger partial charge in [0.15, 0.2) is 0 Å². The van der Waals surface area contributed by atoms with Gasteiger partial charge in [-0.2, -0.15) is 9.97 Å². The Balaban J connectivity index is 1.36. The standard InChI is InChI=1S/C48H54N4O/c1-33(2)39-27-17-28-40(34(3)4)45(39)51-31-43(37-23-13-7-14-24-37)49-47(51)53-48-50-44(38-25-15-8-16-26-38)32-52(48)46-41(35-19-9-5-10-20-35)29-18-30-42(46)36-21-11-6-12-22-36/h7-8,13-18,23-36H,5-6,9-12,19-22H2,1-4H3. The molecule has 2 saturated carbocycles. The molecule has 0 radical (unpaired) electrons. The predicted octanol–water partition coefficient (Wildman–Crippen LogP) is 13.5. The van der Waals surface area contributed by atoms with Crippen molar-refractivity contribution in [1.82, 2.24) is 19.1 Å². The minimum Gasteiger partial charge on any atom is -0.390 e. The summed E-state index contributed by atoms with van der Waals surface area (Å²) in [4.78, 5) is 10.6. The Morgan fingerprint density at radius 3 is 1.34 bits per heavy atom. The second-order valence-corrected chi connectivity index (χ2v) is 15.9. The average Bonchev–Trinajstić information content (AvgIpc) is 3.83. The Morgan fingerprint density at radius 2 is 0.906 bits per heavy atom. The Kier molecular flexibility index (Phi) is 10.3. The second-order valence-electron chi connectivity index (χ2n) is 15.9. The largest absolute Gasteiger partial charge is 0.390 e. The first kappa shape index (κ1) is 35.1. The summed E-state index contributed by atoms with van der Waals surface area (Å²) in [7, 11) is 0. The number of para-hydroxylation sites is 2. The lowest BCUT2D eigenvalue weighted by molar-refractivity contribution is 0.391. The van der Waals surface area contributed by atoms with Gasteiger partial charge in [-0.3, -0.25) is 9.13 Å². The number of aromatic nitrogens is 4. The van der Waals surface area contributed by atoms with Crippen LogP contribution in [-0.2, 0) is 0 Å². The molecule has 4 aromatic carbocycles. The Hall–Kier alpha value is -4.90. The van der Waals surface area contributed by atoms with Crippen LogP contribution in [0.4, 0.5) is 0 Å². The van der Waals surface area contributed by atoms with Gasteiger partial charge >= 0.3 is 12.0 Å². The summed E-state index contributed by atoms with van der Waals surface area (Å²) in [6.45, 7) is 9.08. The van der Waals surface area contributed by atoms with Crippen LogP contribution in [-0.4, -0.2) is 19.1 Å². The van der Waals surface area contributed by atoms with Gasteiger partial charge in [-0.25, -0.2) is 0 Å². The predicted molar refractivity (Wildman–Crippen MR) is 218 cm³/mol. The maximum atomic E-state index is 7.21. The van der Waals surface area contributed by atoms with E-state index < -0.39 is 0 Å². The molecule has 0 atom stereocenters. The van der Waals surface area contributed by atoms with Crippen molar-refractivity contribution in [2.24, 2.45) is 0 Å². The van der Waals surface area contributed by atoms with Gasteiger partial charge in [0.25, 0.3) is 0 Å². The van der Waals surface area contributed by atoms with Crippen molar-refractivity contribution in [3.63, 3.8) is 0 Å². The van der Waals surface area contributed by atoms with E-state index in [-0.39, 0.29) is 0 Å². The van der Waals surface area contributed by atoms with Crippen molar-refractivity contribution in [2.45, 2.75) is 116 Å². The highest BCUT2D eigenvalue weighted by atomic mass is 16.5. The number of hydrogen-bond donors (Lipinski definition) is 0. The first-order valence-electron chi connectivity index (χ1n) is 20.2. The third-order valence-corrected chi connectivity index (χ3v) is 11.7. The van der Waals surface area contributed by atoms with Gasteiger partial charge in [-0.15, -0.1) is 0 Å². The summed E-state index contributed by atoms with van der Waals surface area (Å²) >= 11 is 0. The van der Waals surface area contributed by atoms with Crippen LogP contribution in [0.15, 0.2) is 109 Å². The van der Waals surface area contributed by atoms with Crippen molar-refractivity contribution in [1.29, 1.82) is 0 Å². The van der Waals surface area contributed by atoms with Gasteiger partial charge in [0, 0.05) is 23.5 Å². The van der Waals surface area contributed by atoms with Crippen LogP contribution in [0.25, 0.3) is 33.9 Å². The third-order valence-electron chi connectivity index (χ3n) is 11.7. The normalized spacial score (nSPS) is 15.7. The molecule has 2 heterocycles. The molecule has 6 aromatic rings. The maximum absolute atomic E-state index is 7.21. The molecular weight excluding hydrogens is 649 g/mol. The molecule has 0 saturated heterocycles. The highest BCUT2D eigenvalue weighted by Gasteiger charge is 2.29. The van der Waals surface area contributed by atoms with Crippen LogP contribution in [0.3, 0.4) is 0 Å². The van der Waals surface area contributed by atoms with Gasteiger partial charge in [-0.1, -0.05) is 163 Å². The van der Waals surface area contributed by atoms with Crippen molar-refractivity contribution in [2.75, 3.05) is 0 Å². The van der Waals surface area contributed by atoms with Gasteiger partial charge in [0.2, 0.25) is 0 Å². The van der Waals surface area contributed by atoms with E-state index in [1.807, 2.05) is 0 Å². The minimum absolute atomic E-state index is 0.311. The van der Waals surface area contributed by atoms with Crippen LogP contribution in [0.5, 0.6) is 12.0 Å². The molecule has 0 aliphatic heterocycles. The van der Waals surface area contributed by atoms with Crippen LogP contribution in [0.1, 0.15) is 138 Å². The Morgan fingerprint density at radius 1 is 0.491 bits per heavy atom. The number of ether oxygens (including phenoxy) is 1. The molecular formula is C48H54N4O. The number of hydrogen-bond acceptors (Lipinski definition) is 3. The molecule has 5 heteroatoms. The topological polar surface area (TPSA) is 44.9 Å². The van der Waals surface area contributed by atoms with E-state index in [0.29, 0.717) is 35.7 Å². The van der Waals surface area contributed by atoms with E-state index in [2.05, 4.69) is 146 Å². The zero-order chi connectivity index (χ0) is 36.3. The summed E-state index contributed by atoms with van der Waals surface area (Å²) in [5.74, 6) is 1.67. The summed E-state index contributed by atoms with van der Waals surface area (Å²) in [5.41, 5.74) is 11.8. The molecule has 0 spiro atoms. The smallest absolute Gasteiger partial charge is 0.309 e. The number of benzene rings is 4. The van der Waals surface area contributed by atoms with Crippen molar-refractivity contribution < 1.29 is 4.74 Å². The fraction of sp³-hybridized carbons (Fsp3) is 0.375. The molecule has 8 rings (SSSR count). The van der Waals surface area contributed by atoms with Crippen LogP contribution >= 0.6 is 0 Å². The molecule has 2 aliphatic carbocycles. The zero-order valence-corrected chi connectivity index (χ0v) is 32.0. The van der Waals surface area contributed by atoms with E-state index >= 15 is 0 Å². The van der Waals surface area contributed by atoms with E-state index in [1.165, 1.54) is 92.1 Å². The molecule has 0 unspecified atom stereocenters. The van der Waals surface area contributed by atoms with E-state index in [0.717, 1.165) is 28.2 Å². The number of nitrogens with zero attached hydrogens (tertiary/aromatic N) is 4. The quantitative estimate of drug-likeness (QED) is 0.143. The maximum Gasteiger partial charge on any atom is 0.309 e. The summed E-state index contributed by atoms with van der Waals surface area (Å²) < 4.78 is 11.7. The monoisotopic (exact) mass is 702 g/mol. The highest BCUT2D eigenvalue weighted by Crippen LogP contribution is 2.45. The molecule has 0 N–H and O–H groups in total. The van der Waals surface area contributed by atoms with Crippen molar-refractivity contribution in [3.05, 3.63) is 132 Å². The first-order chi connectivity index (χ1) is 26.0. The molecule has 272 valence electrons. The van der Waals surface area contributed by atoms with Gasteiger partial charge in [0.1, 0.15) is 0 Å². The lowest BCUT2D eigenvalue weighted by Crippen LogP contribution is -2.15. The summed E-state index contributed by atoms with van der Waals surface area (Å²) in [5, 5.41) is 0. The highest BCUT2D eigenvalue weighted by molar-refractivity contribution is 5.64. The average molecular weight is 703 g/mol. The molecule has 2 aliphatic rings. The molecule has 53 heavy (non-hydrogen) atoms. The van der Waals surface area contributed by atoms with Gasteiger partial charge in [-0.05, 0) is 71.6 Å². The van der Waals surface area contributed by atoms with Gasteiger partial charge in [0.05, 0.1) is 22.8 Å². The fourth-order valence-corrected chi connectivity index (χ4v) is 8.90. The zero-order valence-electron chi connectivity index (χ0n) is 32.0. The van der Waals surface area contributed by atoms with E-state index in [1.54, 1.807) is 0 Å². The third kappa shape index (κ3) is 7.23. The Labute approximate surface area is 316 Å². The van der Waals surface area contributed by atoms with E-state index in [9.17, 15) is 0 Å². The number of imidazole rings is 2. The molecule has 2 aromatic heterocycles. The lowest BCUT2D eigenvalue weighted by atomic mass is 9.78. The van der Waals surface area contributed by atoms with Crippen LogP contribution in [0, 0.1) is 0 Å². The second kappa shape index (κ2) is 15.6. The van der Waals surface area contributed by atoms with Crippen LogP contribution < -0.4 is 4.74 Å². The lowest BCUT2D eigenvalue weighted by Gasteiger charge is -2.30. The van der Waals surface area contributed by atoms with Crippen molar-refractivity contribution >= 4 is 0 Å². The van der Waals surface area contributed by atoms with E-state index in [4.69, 9.17) is 14.7 Å². The Bertz CT molecular complexity index is 2070. The summed E-state index contributed by atoms with van der Waals surface area (Å²) in [6, 6.07) is 35.9. The van der Waals surface area contributed by atoms with Gasteiger partial charge < -0.3 is 4.74 Å².